The molecule has 0 aliphatic rings. The summed E-state index contributed by atoms with van der Waals surface area (Å²) < 4.78 is 0. The van der Waals surface area contributed by atoms with Gasteiger partial charge in [0.15, 0.2) is 5.78 Å². The van der Waals surface area contributed by atoms with E-state index in [1.165, 1.54) is 0 Å². The molecule has 2 nitrogen and oxygen atoms in total. The number of rotatable bonds is 3. The number of hydrogen-bond acceptors (Lipinski definition) is 2. The molecule has 0 saturated carbocycles. The van der Waals surface area contributed by atoms with Crippen LogP contribution in [0.1, 0.15) is 34.5 Å². The van der Waals surface area contributed by atoms with Gasteiger partial charge in [0.05, 0.1) is 11.6 Å². The fourth-order valence-electron chi connectivity index (χ4n) is 1.81. The fourth-order valence-corrected chi connectivity index (χ4v) is 1.81. The number of Topliss-reactive ketones (excluding diaryl/α,β-unsaturated/α-hetero) is 1. The number of benzene rings is 1. The van der Waals surface area contributed by atoms with E-state index in [0.717, 1.165) is 16.8 Å². The van der Waals surface area contributed by atoms with Crippen molar-refractivity contribution in [2.24, 2.45) is 0 Å². The van der Waals surface area contributed by atoms with Gasteiger partial charge in [-0.3, -0.25) is 9.78 Å². The number of hydrogen-bond donors (Lipinski definition) is 0. The lowest BCUT2D eigenvalue weighted by Crippen LogP contribution is -2.11. The summed E-state index contributed by atoms with van der Waals surface area (Å²) in [4.78, 5) is 16.5. The zero-order valence-electron chi connectivity index (χ0n) is 10.1. The van der Waals surface area contributed by atoms with Crippen molar-refractivity contribution in [3.8, 4) is 0 Å². The van der Waals surface area contributed by atoms with Crippen LogP contribution in [0.2, 0.25) is 0 Å². The molecular weight excluding hydrogens is 210 g/mol. The summed E-state index contributed by atoms with van der Waals surface area (Å²) in [6.45, 7) is 3.88. The smallest absolute Gasteiger partial charge is 0.171 e. The lowest BCUT2D eigenvalue weighted by Gasteiger charge is -2.10. The fraction of sp³-hybridized carbons (Fsp3) is 0.200. The molecule has 0 amide bonds. The summed E-state index contributed by atoms with van der Waals surface area (Å²) in [5.74, 6) is -0.0783. The molecule has 1 unspecified atom stereocenters. The zero-order chi connectivity index (χ0) is 12.3. The second kappa shape index (κ2) is 4.91. The summed E-state index contributed by atoms with van der Waals surface area (Å²) in [5, 5.41) is 0. The average Bonchev–Trinajstić information content (AvgIpc) is 2.38. The van der Waals surface area contributed by atoms with Crippen molar-refractivity contribution in [3.63, 3.8) is 0 Å². The van der Waals surface area contributed by atoms with E-state index in [-0.39, 0.29) is 11.7 Å². The van der Waals surface area contributed by atoms with Gasteiger partial charge in [0, 0.05) is 11.8 Å². The minimum Gasteiger partial charge on any atom is -0.293 e. The first-order chi connectivity index (χ1) is 8.18. The minimum absolute atomic E-state index is 0.118. The molecule has 0 spiro atoms. The van der Waals surface area contributed by atoms with Gasteiger partial charge >= 0.3 is 0 Å². The summed E-state index contributed by atoms with van der Waals surface area (Å²) >= 11 is 0. The van der Waals surface area contributed by atoms with E-state index in [2.05, 4.69) is 4.98 Å². The molecule has 86 valence electrons. The maximum Gasteiger partial charge on any atom is 0.171 e. The second-order valence-electron chi connectivity index (χ2n) is 4.21. The van der Waals surface area contributed by atoms with Crippen molar-refractivity contribution in [3.05, 3.63) is 65.5 Å². The average molecular weight is 225 g/mol. The van der Waals surface area contributed by atoms with Crippen LogP contribution in [0.15, 0.2) is 48.7 Å². The molecule has 0 radical (unpaired) electrons. The molecule has 17 heavy (non-hydrogen) atoms. The minimum atomic E-state index is -0.196. The highest BCUT2D eigenvalue weighted by molar-refractivity contribution is 6.00. The summed E-state index contributed by atoms with van der Waals surface area (Å²) in [5.41, 5.74) is 2.67. The van der Waals surface area contributed by atoms with Crippen molar-refractivity contribution in [2.45, 2.75) is 19.8 Å². The Labute approximate surface area is 101 Å². The van der Waals surface area contributed by atoms with Crippen LogP contribution in [-0.4, -0.2) is 10.8 Å². The Morgan fingerprint density at radius 2 is 2.00 bits per heavy atom. The van der Waals surface area contributed by atoms with Crippen LogP contribution < -0.4 is 0 Å². The molecule has 1 aromatic heterocycles. The molecule has 0 bridgehead atoms. The summed E-state index contributed by atoms with van der Waals surface area (Å²) in [6, 6.07) is 13.3. The van der Waals surface area contributed by atoms with Crippen molar-refractivity contribution in [1.29, 1.82) is 0 Å². The first-order valence-corrected chi connectivity index (χ1v) is 5.70. The third-order valence-electron chi connectivity index (χ3n) is 2.83. The monoisotopic (exact) mass is 225 g/mol. The standard InChI is InChI=1S/C15H15NO/c1-11-6-5-7-13(10-11)15(17)12(2)14-8-3-4-9-16-14/h3-10,12H,1-2H3. The highest BCUT2D eigenvalue weighted by atomic mass is 16.1. The largest absolute Gasteiger partial charge is 0.293 e. The summed E-state index contributed by atoms with van der Waals surface area (Å²) in [7, 11) is 0. The van der Waals surface area contributed by atoms with Gasteiger partial charge in [0.25, 0.3) is 0 Å². The lowest BCUT2D eigenvalue weighted by molar-refractivity contribution is 0.0964. The van der Waals surface area contributed by atoms with Crippen molar-refractivity contribution in [1.82, 2.24) is 4.98 Å². The summed E-state index contributed by atoms with van der Waals surface area (Å²) in [6.07, 6.45) is 1.72. The lowest BCUT2D eigenvalue weighted by atomic mass is 9.95. The van der Waals surface area contributed by atoms with Crippen LogP contribution in [0.5, 0.6) is 0 Å². The number of carbonyl (C=O) groups excluding carboxylic acids is 1. The SMILES string of the molecule is Cc1cccc(C(=O)C(C)c2ccccn2)c1. The van der Waals surface area contributed by atoms with E-state index < -0.39 is 0 Å². The topological polar surface area (TPSA) is 30.0 Å². The van der Waals surface area contributed by atoms with E-state index >= 15 is 0 Å². The maximum absolute atomic E-state index is 12.3. The molecule has 1 aromatic carbocycles. The van der Waals surface area contributed by atoms with Crippen molar-refractivity contribution in [2.75, 3.05) is 0 Å². The van der Waals surface area contributed by atoms with Gasteiger partial charge in [-0.1, -0.05) is 29.8 Å². The molecule has 0 saturated heterocycles. The third-order valence-corrected chi connectivity index (χ3v) is 2.83. The van der Waals surface area contributed by atoms with Crippen LogP contribution in [0.4, 0.5) is 0 Å². The highest BCUT2D eigenvalue weighted by Gasteiger charge is 2.17. The Balaban J connectivity index is 2.27. The van der Waals surface area contributed by atoms with Gasteiger partial charge in [0.2, 0.25) is 0 Å². The van der Waals surface area contributed by atoms with Gasteiger partial charge in [-0.25, -0.2) is 0 Å². The Morgan fingerprint density at radius 1 is 1.18 bits per heavy atom. The molecule has 2 aromatic rings. The van der Waals surface area contributed by atoms with E-state index in [9.17, 15) is 4.79 Å². The predicted octanol–water partition coefficient (Wildman–Crippen LogP) is 3.38. The second-order valence-corrected chi connectivity index (χ2v) is 4.21. The molecule has 2 heteroatoms. The number of carbonyl (C=O) groups is 1. The van der Waals surface area contributed by atoms with Crippen LogP contribution in [0, 0.1) is 6.92 Å². The number of aryl methyl sites for hydroxylation is 1. The van der Waals surface area contributed by atoms with Gasteiger partial charge in [-0.05, 0) is 32.0 Å². The molecule has 0 N–H and O–H groups in total. The molecule has 0 fully saturated rings. The third kappa shape index (κ3) is 2.59. The van der Waals surface area contributed by atoms with Crippen LogP contribution >= 0.6 is 0 Å². The van der Waals surface area contributed by atoms with Crippen molar-refractivity contribution < 1.29 is 4.79 Å². The number of aromatic nitrogens is 1. The van der Waals surface area contributed by atoms with E-state index in [4.69, 9.17) is 0 Å². The molecule has 0 aliphatic heterocycles. The normalized spacial score (nSPS) is 12.1. The van der Waals surface area contributed by atoms with Crippen LogP contribution in [-0.2, 0) is 0 Å². The van der Waals surface area contributed by atoms with Crippen molar-refractivity contribution >= 4 is 5.78 Å². The van der Waals surface area contributed by atoms with Crippen LogP contribution in [0.25, 0.3) is 0 Å². The Kier molecular flexibility index (Phi) is 3.33. The Bertz CT molecular complexity index is 519. The highest BCUT2D eigenvalue weighted by Crippen LogP contribution is 2.18. The van der Waals surface area contributed by atoms with Crippen LogP contribution in [0.3, 0.4) is 0 Å². The number of nitrogens with zero attached hydrogens (tertiary/aromatic N) is 1. The van der Waals surface area contributed by atoms with E-state index in [0.29, 0.717) is 0 Å². The number of pyridine rings is 1. The Morgan fingerprint density at radius 3 is 2.65 bits per heavy atom. The maximum atomic E-state index is 12.3. The molecule has 1 atom stereocenters. The zero-order valence-corrected chi connectivity index (χ0v) is 10.1. The van der Waals surface area contributed by atoms with E-state index in [1.807, 2.05) is 56.3 Å². The molecular formula is C15H15NO. The number of ketones is 1. The van der Waals surface area contributed by atoms with Gasteiger partial charge in [-0.2, -0.15) is 0 Å². The van der Waals surface area contributed by atoms with E-state index in [1.54, 1.807) is 6.20 Å². The Hall–Kier alpha value is -1.96. The molecule has 0 aliphatic carbocycles. The van der Waals surface area contributed by atoms with Gasteiger partial charge < -0.3 is 0 Å². The first kappa shape index (κ1) is 11.5. The predicted molar refractivity (Wildman–Crippen MR) is 68.2 cm³/mol. The molecule has 1 heterocycles. The molecule has 2 rings (SSSR count). The van der Waals surface area contributed by atoms with Gasteiger partial charge in [-0.15, -0.1) is 0 Å². The first-order valence-electron chi connectivity index (χ1n) is 5.70. The quantitative estimate of drug-likeness (QED) is 0.749. The van der Waals surface area contributed by atoms with Gasteiger partial charge in [0.1, 0.15) is 0 Å².